The average Bonchev–Trinajstić information content (AvgIpc) is 2.96. The summed E-state index contributed by atoms with van der Waals surface area (Å²) in [5, 5.41) is 3.18. The Morgan fingerprint density at radius 1 is 1.35 bits per heavy atom. The highest BCUT2D eigenvalue weighted by molar-refractivity contribution is 5.82. The molecule has 1 unspecified atom stereocenters. The van der Waals surface area contributed by atoms with Crippen LogP contribution in [-0.2, 0) is 11.3 Å². The molecule has 0 aromatic carbocycles. The number of hydrogen-bond donors (Lipinski definition) is 3. The third-order valence-electron chi connectivity index (χ3n) is 4.96. The van der Waals surface area contributed by atoms with Gasteiger partial charge in [0.2, 0.25) is 5.95 Å². The van der Waals surface area contributed by atoms with Crippen LogP contribution in [0.4, 0.5) is 11.8 Å². The fraction of sp³-hybridized carbons (Fsp3) is 0.722. The Kier molecular flexibility index (Phi) is 6.49. The highest BCUT2D eigenvalue weighted by atomic mass is 16.5. The maximum atomic E-state index is 12.3. The van der Waals surface area contributed by atoms with Gasteiger partial charge in [0.05, 0.1) is 0 Å². The first-order valence-electron chi connectivity index (χ1n) is 9.76. The summed E-state index contributed by atoms with van der Waals surface area (Å²) in [6.45, 7) is 5.33. The van der Waals surface area contributed by atoms with Crippen LogP contribution in [0, 0.1) is 5.92 Å². The highest BCUT2D eigenvalue weighted by Crippen LogP contribution is 2.21. The minimum Gasteiger partial charge on any atom is -0.382 e. The number of H-pyrrole nitrogens is 1. The number of anilines is 2. The van der Waals surface area contributed by atoms with Crippen molar-refractivity contribution in [1.29, 1.82) is 0 Å². The second-order valence-electron chi connectivity index (χ2n) is 7.07. The van der Waals surface area contributed by atoms with Gasteiger partial charge in [-0.25, -0.2) is 4.79 Å². The molecule has 8 nitrogen and oxygen atoms in total. The van der Waals surface area contributed by atoms with Crippen molar-refractivity contribution in [1.82, 2.24) is 19.5 Å². The third kappa shape index (κ3) is 4.55. The van der Waals surface area contributed by atoms with Crippen LogP contribution in [0.25, 0.3) is 11.2 Å². The minimum atomic E-state index is -0.173. The minimum absolute atomic E-state index is 0.173. The summed E-state index contributed by atoms with van der Waals surface area (Å²) < 4.78 is 7.21. The van der Waals surface area contributed by atoms with Crippen LogP contribution < -0.4 is 16.7 Å². The van der Waals surface area contributed by atoms with Crippen molar-refractivity contribution in [3.05, 3.63) is 10.5 Å². The molecule has 1 fully saturated rings. The van der Waals surface area contributed by atoms with Gasteiger partial charge in [0.1, 0.15) is 5.52 Å². The molecule has 0 aliphatic carbocycles. The summed E-state index contributed by atoms with van der Waals surface area (Å²) in [6, 6.07) is 0. The van der Waals surface area contributed by atoms with Crippen LogP contribution in [0.3, 0.4) is 0 Å². The number of unbranched alkanes of at least 4 members (excludes halogenated alkanes) is 2. The molecule has 0 saturated carbocycles. The number of ether oxygens (including phenoxy) is 1. The topological polar surface area (TPSA) is 111 Å². The molecular weight excluding hydrogens is 332 g/mol. The Bertz CT molecular complexity index is 763. The van der Waals surface area contributed by atoms with E-state index in [0.717, 1.165) is 58.3 Å². The number of aromatic nitrogens is 4. The Morgan fingerprint density at radius 2 is 2.23 bits per heavy atom. The molecule has 0 radical (unpaired) electrons. The van der Waals surface area contributed by atoms with Gasteiger partial charge < -0.3 is 20.8 Å². The Hall–Kier alpha value is -2.09. The summed E-state index contributed by atoms with van der Waals surface area (Å²) in [7, 11) is 0. The fourth-order valence-corrected chi connectivity index (χ4v) is 3.45. The van der Waals surface area contributed by atoms with E-state index in [-0.39, 0.29) is 5.69 Å². The second-order valence-corrected chi connectivity index (χ2v) is 7.07. The van der Waals surface area contributed by atoms with Crippen molar-refractivity contribution < 1.29 is 4.74 Å². The smallest absolute Gasteiger partial charge is 0.327 e. The van der Waals surface area contributed by atoms with Gasteiger partial charge in [0.15, 0.2) is 11.5 Å². The molecule has 3 rings (SSSR count). The molecule has 2 aromatic rings. The number of imidazole rings is 1. The fourth-order valence-electron chi connectivity index (χ4n) is 3.45. The predicted molar refractivity (Wildman–Crippen MR) is 103 cm³/mol. The molecule has 0 bridgehead atoms. The molecule has 1 aliphatic heterocycles. The van der Waals surface area contributed by atoms with E-state index in [4.69, 9.17) is 10.5 Å². The summed E-state index contributed by atoms with van der Waals surface area (Å²) in [5.74, 6) is 1.45. The van der Waals surface area contributed by atoms with Crippen molar-refractivity contribution in [3.63, 3.8) is 0 Å². The highest BCUT2D eigenvalue weighted by Gasteiger charge is 2.15. The number of aromatic amines is 1. The van der Waals surface area contributed by atoms with Crippen LogP contribution in [0.15, 0.2) is 4.79 Å². The lowest BCUT2D eigenvalue weighted by Gasteiger charge is -2.21. The first-order valence-corrected chi connectivity index (χ1v) is 9.76. The normalized spacial score (nSPS) is 17.7. The van der Waals surface area contributed by atoms with Crippen molar-refractivity contribution in [2.75, 3.05) is 30.8 Å². The second kappa shape index (κ2) is 9.02. The largest absolute Gasteiger partial charge is 0.382 e. The lowest BCUT2D eigenvalue weighted by atomic mass is 9.96. The van der Waals surface area contributed by atoms with E-state index in [0.29, 0.717) is 35.4 Å². The zero-order valence-electron chi connectivity index (χ0n) is 15.6. The summed E-state index contributed by atoms with van der Waals surface area (Å²) in [4.78, 5) is 23.8. The van der Waals surface area contributed by atoms with Gasteiger partial charge in [-0.05, 0) is 38.0 Å². The quantitative estimate of drug-likeness (QED) is 0.591. The molecular formula is C18H30N6O2. The Balaban J connectivity index is 1.64. The number of rotatable bonds is 9. The lowest BCUT2D eigenvalue weighted by Crippen LogP contribution is -2.19. The number of nitrogens with zero attached hydrogens (tertiary/aromatic N) is 3. The third-order valence-corrected chi connectivity index (χ3v) is 4.96. The zero-order chi connectivity index (χ0) is 18.4. The Labute approximate surface area is 153 Å². The number of aryl methyl sites for hydroxylation is 1. The van der Waals surface area contributed by atoms with Crippen molar-refractivity contribution in [3.8, 4) is 0 Å². The number of hydrogen-bond acceptors (Lipinski definition) is 6. The molecule has 1 aliphatic rings. The number of nitrogens with one attached hydrogen (secondary N) is 2. The monoisotopic (exact) mass is 362 g/mol. The molecule has 3 heterocycles. The maximum absolute atomic E-state index is 12.3. The van der Waals surface area contributed by atoms with Gasteiger partial charge in [0, 0.05) is 26.3 Å². The van der Waals surface area contributed by atoms with Crippen LogP contribution in [0.5, 0.6) is 0 Å². The van der Waals surface area contributed by atoms with E-state index >= 15 is 0 Å². The zero-order valence-corrected chi connectivity index (χ0v) is 15.6. The van der Waals surface area contributed by atoms with E-state index in [1.165, 1.54) is 6.42 Å². The first kappa shape index (κ1) is 18.7. The number of nitrogen functional groups attached to an aromatic ring is 1. The molecule has 0 spiro atoms. The predicted octanol–water partition coefficient (Wildman–Crippen LogP) is 2.51. The lowest BCUT2D eigenvalue weighted by molar-refractivity contribution is 0.0506. The molecule has 8 heteroatoms. The number of nitrogens with two attached hydrogens (primary N) is 1. The first-order chi connectivity index (χ1) is 12.7. The standard InChI is InChI=1S/C18H30N6O2/c1-2-3-9-20-17-22-15(19)14-16(23-17)24(18(25)21-14)10-5-4-7-13-8-6-11-26-12-13/h13H,2-12H2,1H3,(H,21,25)(H3,19,20,22,23). The average molecular weight is 362 g/mol. The molecule has 0 amide bonds. The van der Waals surface area contributed by atoms with Crippen molar-refractivity contribution in [2.45, 2.75) is 58.4 Å². The maximum Gasteiger partial charge on any atom is 0.327 e. The molecule has 4 N–H and O–H groups in total. The number of fused-ring (bicyclic) bond motifs is 1. The van der Waals surface area contributed by atoms with Crippen LogP contribution >= 0.6 is 0 Å². The van der Waals surface area contributed by atoms with Gasteiger partial charge in [-0.15, -0.1) is 0 Å². The van der Waals surface area contributed by atoms with E-state index in [2.05, 4.69) is 27.2 Å². The molecule has 2 aromatic heterocycles. The van der Waals surface area contributed by atoms with Gasteiger partial charge in [-0.2, -0.15) is 9.97 Å². The van der Waals surface area contributed by atoms with Crippen LogP contribution in [0.1, 0.15) is 51.9 Å². The van der Waals surface area contributed by atoms with E-state index in [1.807, 2.05) is 0 Å². The molecule has 144 valence electrons. The van der Waals surface area contributed by atoms with Crippen molar-refractivity contribution in [2.24, 2.45) is 5.92 Å². The van der Waals surface area contributed by atoms with Crippen LogP contribution in [0.2, 0.25) is 0 Å². The molecule has 26 heavy (non-hydrogen) atoms. The Morgan fingerprint density at radius 3 is 3.00 bits per heavy atom. The SMILES string of the molecule is CCCCNc1nc(N)c2[nH]c(=O)n(CCCCC3CCCOC3)c2n1. The summed E-state index contributed by atoms with van der Waals surface area (Å²) >= 11 is 0. The van der Waals surface area contributed by atoms with Crippen LogP contribution in [-0.4, -0.2) is 39.3 Å². The van der Waals surface area contributed by atoms with Gasteiger partial charge in [-0.3, -0.25) is 4.57 Å². The van der Waals surface area contributed by atoms with E-state index < -0.39 is 0 Å². The van der Waals surface area contributed by atoms with Gasteiger partial charge in [-0.1, -0.05) is 19.8 Å². The van der Waals surface area contributed by atoms with E-state index in [9.17, 15) is 4.79 Å². The van der Waals surface area contributed by atoms with E-state index in [1.54, 1.807) is 4.57 Å². The summed E-state index contributed by atoms with van der Waals surface area (Å²) in [6.07, 6.45) is 7.71. The van der Waals surface area contributed by atoms with Gasteiger partial charge >= 0.3 is 5.69 Å². The summed E-state index contributed by atoms with van der Waals surface area (Å²) in [5.41, 5.74) is 6.94. The van der Waals surface area contributed by atoms with Crippen molar-refractivity contribution >= 4 is 22.9 Å². The molecule has 1 atom stereocenters. The van der Waals surface area contributed by atoms with Gasteiger partial charge in [0.25, 0.3) is 0 Å². The molecule has 1 saturated heterocycles.